The molecule has 0 heterocycles. The lowest BCUT2D eigenvalue weighted by Crippen LogP contribution is -2.58. The third-order valence-corrected chi connectivity index (χ3v) is 7.05. The lowest BCUT2D eigenvalue weighted by Gasteiger charge is -2.62. The zero-order valence-corrected chi connectivity index (χ0v) is 12.2. The highest BCUT2D eigenvalue weighted by Gasteiger charge is 2.59. The molecule has 5 atom stereocenters. The maximum absolute atomic E-state index is 11.1. The van der Waals surface area contributed by atoms with Crippen molar-refractivity contribution >= 4 is 37.8 Å². The van der Waals surface area contributed by atoms with Crippen molar-refractivity contribution in [2.45, 2.75) is 47.7 Å². The van der Waals surface area contributed by atoms with Gasteiger partial charge < -0.3 is 9.90 Å². The van der Waals surface area contributed by atoms with Crippen LogP contribution in [-0.4, -0.2) is 15.1 Å². The first-order valence-corrected chi connectivity index (χ1v) is 7.67. The Morgan fingerprint density at radius 2 is 1.81 bits per heavy atom. The van der Waals surface area contributed by atoms with Crippen LogP contribution in [0.25, 0.3) is 0 Å². The Balaban J connectivity index is 1.94. The summed E-state index contributed by atoms with van der Waals surface area (Å²) in [6.07, 6.45) is 6.91. The molecule has 4 saturated carbocycles. The Labute approximate surface area is 112 Å². The van der Waals surface area contributed by atoms with Gasteiger partial charge in [0.25, 0.3) is 0 Å². The molecule has 0 radical (unpaired) electrons. The van der Waals surface area contributed by atoms with Crippen LogP contribution in [0.4, 0.5) is 0 Å². The summed E-state index contributed by atoms with van der Waals surface area (Å²) >= 11 is 7.25. The Kier molecular flexibility index (Phi) is 2.50. The summed E-state index contributed by atoms with van der Waals surface area (Å²) in [5, 5.41) is 11.1. The van der Waals surface area contributed by atoms with Crippen LogP contribution >= 0.6 is 31.9 Å². The molecule has 0 aromatic rings. The fourth-order valence-electron chi connectivity index (χ4n) is 4.77. The van der Waals surface area contributed by atoms with Crippen molar-refractivity contribution in [3.63, 3.8) is 0 Å². The van der Waals surface area contributed by atoms with Crippen LogP contribution in [0.5, 0.6) is 0 Å². The molecule has 90 valence electrons. The van der Waals surface area contributed by atoms with Crippen LogP contribution in [0.15, 0.2) is 0 Å². The Morgan fingerprint density at radius 3 is 2.25 bits per heavy atom. The highest BCUT2D eigenvalue weighted by molar-refractivity contribution is 9.10. The second-order valence-electron chi connectivity index (χ2n) is 6.16. The van der Waals surface area contributed by atoms with E-state index in [4.69, 9.17) is 0 Å². The van der Waals surface area contributed by atoms with Gasteiger partial charge in [-0.2, -0.15) is 0 Å². The summed E-state index contributed by atoms with van der Waals surface area (Å²) in [5.74, 6) is 0.512. The number of carbonyl (C=O) groups excluding carboxylic acids is 1. The molecule has 2 nitrogen and oxygen atoms in total. The molecule has 0 aliphatic heterocycles. The molecule has 4 fully saturated rings. The molecule has 4 rings (SSSR count). The zero-order chi connectivity index (χ0) is 11.6. The van der Waals surface area contributed by atoms with Gasteiger partial charge in [-0.05, 0) is 55.8 Å². The Hall–Kier alpha value is 0.430. The molecule has 4 aliphatic carbocycles. The standard InChI is InChI=1S/C12H16Br2O2/c13-9(10(15)16)11-2-7-1-8(3-11)5-12(14,4-7)6-11/h7-9H,1-6H2,(H,15,16)/p-1/t7-,8+,9-,11?,12?/m1/s1. The van der Waals surface area contributed by atoms with E-state index in [-0.39, 0.29) is 9.74 Å². The highest BCUT2D eigenvalue weighted by atomic mass is 79.9. The van der Waals surface area contributed by atoms with E-state index < -0.39 is 10.8 Å². The zero-order valence-electron chi connectivity index (χ0n) is 9.05. The SMILES string of the molecule is O=C([O-])[C@@H](Br)C12C[C@@H]3C[C@@H](CC(Br)(C3)C1)C2. The van der Waals surface area contributed by atoms with E-state index >= 15 is 0 Å². The van der Waals surface area contributed by atoms with Gasteiger partial charge in [0.15, 0.2) is 0 Å². The smallest absolute Gasteiger partial charge is 0.0598 e. The second-order valence-corrected chi connectivity index (χ2v) is 8.75. The molecule has 4 bridgehead atoms. The fourth-order valence-corrected chi connectivity index (χ4v) is 6.78. The number of hydrogen-bond acceptors (Lipinski definition) is 2. The Morgan fingerprint density at radius 1 is 1.25 bits per heavy atom. The third-order valence-electron chi connectivity index (χ3n) is 4.78. The third kappa shape index (κ3) is 1.59. The largest absolute Gasteiger partial charge is 0.549 e. The maximum Gasteiger partial charge on any atom is 0.0598 e. The molecule has 0 aromatic carbocycles. The molecule has 2 unspecified atom stereocenters. The maximum atomic E-state index is 11.1. The summed E-state index contributed by atoms with van der Waals surface area (Å²) in [6, 6.07) is 0. The van der Waals surface area contributed by atoms with Crippen molar-refractivity contribution in [2.24, 2.45) is 17.3 Å². The summed E-state index contributed by atoms with van der Waals surface area (Å²) in [7, 11) is 0. The van der Waals surface area contributed by atoms with Gasteiger partial charge in [-0.1, -0.05) is 31.9 Å². The number of hydrogen-bond donors (Lipinski definition) is 0. The van der Waals surface area contributed by atoms with E-state index in [2.05, 4.69) is 31.9 Å². The summed E-state index contributed by atoms with van der Waals surface area (Å²) in [5.41, 5.74) is -0.0492. The van der Waals surface area contributed by atoms with Gasteiger partial charge in [0.2, 0.25) is 0 Å². The Bertz CT molecular complexity index is 328. The first-order chi connectivity index (χ1) is 7.42. The monoisotopic (exact) mass is 349 g/mol. The second kappa shape index (κ2) is 3.47. The van der Waals surface area contributed by atoms with Gasteiger partial charge in [0.05, 0.1) is 10.8 Å². The topological polar surface area (TPSA) is 40.1 Å². The molecular formula is C12H15Br2O2-. The lowest BCUT2D eigenvalue weighted by molar-refractivity contribution is -0.308. The normalized spacial score (nSPS) is 51.6. The number of carboxylic acid groups (broad SMARTS) is 1. The highest BCUT2D eigenvalue weighted by Crippen LogP contribution is 2.66. The summed E-state index contributed by atoms with van der Waals surface area (Å²) in [4.78, 5) is 10.7. The molecule has 0 spiro atoms. The lowest BCUT2D eigenvalue weighted by atomic mass is 9.48. The quantitative estimate of drug-likeness (QED) is 0.716. The van der Waals surface area contributed by atoms with Crippen molar-refractivity contribution < 1.29 is 9.90 Å². The average Bonchev–Trinajstić information content (AvgIpc) is 2.12. The minimum Gasteiger partial charge on any atom is -0.549 e. The minimum absolute atomic E-state index is 0.0492. The van der Waals surface area contributed by atoms with E-state index in [1.165, 1.54) is 19.3 Å². The van der Waals surface area contributed by atoms with Crippen LogP contribution in [0.1, 0.15) is 38.5 Å². The summed E-state index contributed by atoms with van der Waals surface area (Å²) in [6.45, 7) is 0. The molecule has 0 aromatic heterocycles. The van der Waals surface area contributed by atoms with Crippen LogP contribution in [-0.2, 0) is 4.79 Å². The molecule has 16 heavy (non-hydrogen) atoms. The van der Waals surface area contributed by atoms with E-state index in [0.717, 1.165) is 31.1 Å². The molecule has 4 aliphatic rings. The average molecular weight is 351 g/mol. The van der Waals surface area contributed by atoms with Crippen molar-refractivity contribution in [1.82, 2.24) is 0 Å². The number of carbonyl (C=O) groups is 1. The van der Waals surface area contributed by atoms with Gasteiger partial charge in [-0.25, -0.2) is 0 Å². The molecule has 0 saturated heterocycles. The number of alkyl halides is 2. The van der Waals surface area contributed by atoms with E-state index in [9.17, 15) is 9.90 Å². The van der Waals surface area contributed by atoms with Crippen LogP contribution in [0, 0.1) is 17.3 Å². The van der Waals surface area contributed by atoms with Crippen molar-refractivity contribution in [2.75, 3.05) is 0 Å². The number of rotatable bonds is 2. The molecular weight excluding hydrogens is 336 g/mol. The van der Waals surface area contributed by atoms with Crippen LogP contribution < -0.4 is 5.11 Å². The van der Waals surface area contributed by atoms with E-state index in [1.54, 1.807) is 0 Å². The van der Waals surface area contributed by atoms with E-state index in [0.29, 0.717) is 0 Å². The number of carboxylic acids is 1. The predicted molar refractivity (Wildman–Crippen MR) is 66.5 cm³/mol. The van der Waals surface area contributed by atoms with Crippen molar-refractivity contribution in [1.29, 1.82) is 0 Å². The van der Waals surface area contributed by atoms with E-state index in [1.807, 2.05) is 0 Å². The summed E-state index contributed by atoms with van der Waals surface area (Å²) < 4.78 is 0.221. The number of aliphatic carboxylic acids is 1. The van der Waals surface area contributed by atoms with Crippen LogP contribution in [0.3, 0.4) is 0 Å². The predicted octanol–water partition coefficient (Wildman–Crippen LogP) is 2.23. The molecule has 0 amide bonds. The molecule has 0 N–H and O–H groups in total. The fraction of sp³-hybridized carbons (Fsp3) is 0.917. The molecule has 4 heteroatoms. The van der Waals surface area contributed by atoms with Crippen molar-refractivity contribution in [3.8, 4) is 0 Å². The first kappa shape index (κ1) is 11.5. The van der Waals surface area contributed by atoms with Gasteiger partial charge in [0, 0.05) is 4.32 Å². The number of halogens is 2. The van der Waals surface area contributed by atoms with Gasteiger partial charge in [-0.15, -0.1) is 0 Å². The van der Waals surface area contributed by atoms with Gasteiger partial charge in [0.1, 0.15) is 0 Å². The minimum atomic E-state index is -0.932. The van der Waals surface area contributed by atoms with Crippen LogP contribution in [0.2, 0.25) is 0 Å². The van der Waals surface area contributed by atoms with Gasteiger partial charge >= 0.3 is 0 Å². The van der Waals surface area contributed by atoms with Gasteiger partial charge in [-0.3, -0.25) is 0 Å². The first-order valence-electron chi connectivity index (χ1n) is 5.96. The van der Waals surface area contributed by atoms with Crippen molar-refractivity contribution in [3.05, 3.63) is 0 Å².